The zero-order valence-corrected chi connectivity index (χ0v) is 15.7. The molecule has 0 atom stereocenters. The zero-order valence-electron chi connectivity index (χ0n) is 15.7. The maximum absolute atomic E-state index is 5.55. The lowest BCUT2D eigenvalue weighted by molar-refractivity contribution is 0.444. The molecule has 0 spiro atoms. The Balaban J connectivity index is 1.74. The number of hydrogen-bond acceptors (Lipinski definition) is 1. The normalized spacial score (nSPS) is 11.1. The van der Waals surface area contributed by atoms with Crippen LogP contribution >= 0.6 is 0 Å². The van der Waals surface area contributed by atoms with Gasteiger partial charge in [-0.3, -0.25) is 0 Å². The Morgan fingerprint density at radius 2 is 1.00 bits per heavy atom. The van der Waals surface area contributed by atoms with Gasteiger partial charge in [-0.05, 0) is 49.3 Å². The van der Waals surface area contributed by atoms with Gasteiger partial charge in [-0.1, -0.05) is 99.2 Å². The van der Waals surface area contributed by atoms with E-state index in [1.54, 1.807) is 0 Å². The lowest BCUT2D eigenvalue weighted by atomic mass is 9.88. The van der Waals surface area contributed by atoms with Crippen LogP contribution in [0.15, 0.2) is 60.7 Å². The fourth-order valence-electron chi connectivity index (χ4n) is 3.63. The molecule has 2 aromatic carbocycles. The highest BCUT2D eigenvalue weighted by molar-refractivity contribution is 5.18. The van der Waals surface area contributed by atoms with Crippen molar-refractivity contribution in [3.8, 4) is 0 Å². The molecule has 2 rings (SSSR count). The van der Waals surface area contributed by atoms with Crippen molar-refractivity contribution in [2.75, 3.05) is 6.54 Å². The zero-order chi connectivity index (χ0) is 17.6. The Kier molecular flexibility index (Phi) is 10.0. The van der Waals surface area contributed by atoms with E-state index in [0.29, 0.717) is 0 Å². The van der Waals surface area contributed by atoms with Crippen molar-refractivity contribution in [1.82, 2.24) is 0 Å². The Bertz CT molecular complexity index is 493. The predicted molar refractivity (Wildman–Crippen MR) is 110 cm³/mol. The first-order valence-electron chi connectivity index (χ1n) is 10.2. The van der Waals surface area contributed by atoms with Crippen molar-refractivity contribution in [3.63, 3.8) is 0 Å². The van der Waals surface area contributed by atoms with Crippen LogP contribution in [0.2, 0.25) is 0 Å². The fourth-order valence-corrected chi connectivity index (χ4v) is 3.63. The standard InChI is InChI=1S/C24H35N/c25-19-13-5-3-1-2-4-8-18-24(20-22-14-9-6-10-15-22)21-23-16-11-7-12-17-23/h6-7,9-12,14-17,24H,1-5,8,13,18-21,25H2. The summed E-state index contributed by atoms with van der Waals surface area (Å²) in [5.74, 6) is 0.752. The highest BCUT2D eigenvalue weighted by atomic mass is 14.5. The summed E-state index contributed by atoms with van der Waals surface area (Å²) in [7, 11) is 0. The van der Waals surface area contributed by atoms with E-state index in [0.717, 1.165) is 12.5 Å². The summed E-state index contributed by atoms with van der Waals surface area (Å²) in [6.45, 7) is 0.848. The molecule has 25 heavy (non-hydrogen) atoms. The first kappa shape index (κ1) is 19.7. The van der Waals surface area contributed by atoms with Crippen LogP contribution in [0.3, 0.4) is 0 Å². The minimum atomic E-state index is 0.752. The summed E-state index contributed by atoms with van der Waals surface area (Å²) >= 11 is 0. The monoisotopic (exact) mass is 337 g/mol. The second kappa shape index (κ2) is 12.7. The van der Waals surface area contributed by atoms with Crippen LogP contribution in [0.25, 0.3) is 0 Å². The second-order valence-corrected chi connectivity index (χ2v) is 7.30. The Labute approximate surface area is 154 Å². The van der Waals surface area contributed by atoms with Crippen molar-refractivity contribution in [3.05, 3.63) is 71.8 Å². The molecule has 0 fully saturated rings. The topological polar surface area (TPSA) is 26.0 Å². The van der Waals surface area contributed by atoms with Crippen LogP contribution < -0.4 is 5.73 Å². The van der Waals surface area contributed by atoms with Gasteiger partial charge in [-0.25, -0.2) is 0 Å². The van der Waals surface area contributed by atoms with E-state index in [9.17, 15) is 0 Å². The fraction of sp³-hybridized carbons (Fsp3) is 0.500. The van der Waals surface area contributed by atoms with Crippen LogP contribution in [0, 0.1) is 5.92 Å². The lowest BCUT2D eigenvalue weighted by Crippen LogP contribution is -2.08. The highest BCUT2D eigenvalue weighted by Gasteiger charge is 2.10. The molecule has 0 saturated heterocycles. The molecule has 0 heterocycles. The maximum atomic E-state index is 5.55. The van der Waals surface area contributed by atoms with E-state index in [4.69, 9.17) is 5.73 Å². The van der Waals surface area contributed by atoms with E-state index in [2.05, 4.69) is 60.7 Å². The van der Waals surface area contributed by atoms with Crippen LogP contribution in [0.1, 0.15) is 62.5 Å². The van der Waals surface area contributed by atoms with E-state index < -0.39 is 0 Å². The molecule has 0 aliphatic heterocycles. The van der Waals surface area contributed by atoms with E-state index in [-0.39, 0.29) is 0 Å². The first-order valence-corrected chi connectivity index (χ1v) is 10.2. The lowest BCUT2D eigenvalue weighted by Gasteiger charge is -2.17. The summed E-state index contributed by atoms with van der Waals surface area (Å²) < 4.78 is 0. The minimum absolute atomic E-state index is 0.752. The summed E-state index contributed by atoms with van der Waals surface area (Å²) in [6.07, 6.45) is 13.1. The van der Waals surface area contributed by atoms with Gasteiger partial charge in [0.2, 0.25) is 0 Å². The third kappa shape index (κ3) is 8.88. The molecule has 0 unspecified atom stereocenters. The van der Waals surface area contributed by atoms with Crippen LogP contribution in [0.4, 0.5) is 0 Å². The van der Waals surface area contributed by atoms with Gasteiger partial charge in [0.15, 0.2) is 0 Å². The van der Waals surface area contributed by atoms with Crippen LogP contribution in [-0.2, 0) is 12.8 Å². The first-order chi connectivity index (χ1) is 12.4. The third-order valence-electron chi connectivity index (χ3n) is 5.05. The quantitative estimate of drug-likeness (QED) is 0.435. The number of nitrogens with two attached hydrogens (primary N) is 1. The molecule has 1 nitrogen and oxygen atoms in total. The Hall–Kier alpha value is -1.60. The summed E-state index contributed by atoms with van der Waals surface area (Å²) in [6, 6.07) is 22.0. The van der Waals surface area contributed by atoms with Gasteiger partial charge in [0.05, 0.1) is 0 Å². The molecule has 1 heteroatoms. The van der Waals surface area contributed by atoms with Gasteiger partial charge >= 0.3 is 0 Å². The van der Waals surface area contributed by atoms with Crippen molar-refractivity contribution < 1.29 is 0 Å². The summed E-state index contributed by atoms with van der Waals surface area (Å²) in [5, 5.41) is 0. The number of unbranched alkanes of at least 4 members (excludes halogenated alkanes) is 6. The van der Waals surface area contributed by atoms with Crippen LogP contribution in [0.5, 0.6) is 0 Å². The average molecular weight is 338 g/mol. The SMILES string of the molecule is NCCCCCCCCCC(Cc1ccccc1)Cc1ccccc1. The Morgan fingerprint density at radius 3 is 1.48 bits per heavy atom. The smallest absolute Gasteiger partial charge is 0.00773 e. The molecule has 0 bridgehead atoms. The highest BCUT2D eigenvalue weighted by Crippen LogP contribution is 2.21. The van der Waals surface area contributed by atoms with Crippen molar-refractivity contribution in [2.24, 2.45) is 11.7 Å². The molecule has 2 N–H and O–H groups in total. The molecule has 2 aromatic rings. The van der Waals surface area contributed by atoms with Gasteiger partial charge in [0.25, 0.3) is 0 Å². The van der Waals surface area contributed by atoms with Crippen molar-refractivity contribution in [2.45, 2.75) is 64.2 Å². The summed E-state index contributed by atoms with van der Waals surface area (Å²) in [5.41, 5.74) is 8.50. The molecular weight excluding hydrogens is 302 g/mol. The largest absolute Gasteiger partial charge is 0.330 e. The number of rotatable bonds is 13. The van der Waals surface area contributed by atoms with Gasteiger partial charge in [0, 0.05) is 0 Å². The average Bonchev–Trinajstić information content (AvgIpc) is 2.65. The van der Waals surface area contributed by atoms with E-state index in [1.165, 1.54) is 75.3 Å². The number of benzene rings is 2. The van der Waals surface area contributed by atoms with Crippen molar-refractivity contribution >= 4 is 0 Å². The van der Waals surface area contributed by atoms with Crippen LogP contribution in [-0.4, -0.2) is 6.54 Å². The molecule has 0 saturated carbocycles. The van der Waals surface area contributed by atoms with E-state index in [1.807, 2.05) is 0 Å². The molecule has 0 aromatic heterocycles. The Morgan fingerprint density at radius 1 is 0.560 bits per heavy atom. The van der Waals surface area contributed by atoms with Gasteiger partial charge in [-0.2, -0.15) is 0 Å². The second-order valence-electron chi connectivity index (χ2n) is 7.30. The van der Waals surface area contributed by atoms with Crippen molar-refractivity contribution in [1.29, 1.82) is 0 Å². The molecule has 0 radical (unpaired) electrons. The molecule has 0 aliphatic carbocycles. The summed E-state index contributed by atoms with van der Waals surface area (Å²) in [4.78, 5) is 0. The molecule has 0 amide bonds. The molecular formula is C24H35N. The molecule has 136 valence electrons. The van der Waals surface area contributed by atoms with Gasteiger partial charge < -0.3 is 5.73 Å². The molecule has 0 aliphatic rings. The third-order valence-corrected chi connectivity index (χ3v) is 5.05. The minimum Gasteiger partial charge on any atom is -0.330 e. The predicted octanol–water partition coefficient (Wildman–Crippen LogP) is 6.17. The van der Waals surface area contributed by atoms with Gasteiger partial charge in [0.1, 0.15) is 0 Å². The number of hydrogen-bond donors (Lipinski definition) is 1. The van der Waals surface area contributed by atoms with E-state index >= 15 is 0 Å². The maximum Gasteiger partial charge on any atom is -0.00773 e. The van der Waals surface area contributed by atoms with Gasteiger partial charge in [-0.15, -0.1) is 0 Å².